The van der Waals surface area contributed by atoms with E-state index in [1.807, 2.05) is 30.9 Å². The summed E-state index contributed by atoms with van der Waals surface area (Å²) in [4.78, 5) is 23.7. The minimum atomic E-state index is -3.50. The molecule has 9 nitrogen and oxygen atoms in total. The van der Waals surface area contributed by atoms with Crippen molar-refractivity contribution >= 4 is 37.7 Å². The maximum atomic E-state index is 13.1. The van der Waals surface area contributed by atoms with Crippen molar-refractivity contribution in [2.24, 2.45) is 23.5 Å². The van der Waals surface area contributed by atoms with Crippen molar-refractivity contribution in [2.75, 3.05) is 25.4 Å². The molecule has 5 rings (SSSR count). The van der Waals surface area contributed by atoms with E-state index in [0.717, 1.165) is 42.1 Å². The molecule has 2 unspecified atom stereocenters. The van der Waals surface area contributed by atoms with E-state index >= 15 is 0 Å². The summed E-state index contributed by atoms with van der Waals surface area (Å²) in [5.41, 5.74) is 7.47. The number of carbonyl (C=O) groups is 1. The van der Waals surface area contributed by atoms with Crippen LogP contribution >= 0.6 is 0 Å². The summed E-state index contributed by atoms with van der Waals surface area (Å²) in [5.74, 6) is -1.09. The van der Waals surface area contributed by atoms with Crippen LogP contribution in [0.25, 0.3) is 21.8 Å². The molecule has 1 saturated heterocycles. The molecule has 1 radical (unpaired) electrons. The topological polar surface area (TPSA) is 142 Å². The number of rotatable bonds is 6. The second kappa shape index (κ2) is 9.24. The van der Waals surface area contributed by atoms with Crippen molar-refractivity contribution in [1.82, 2.24) is 19.3 Å². The number of pyridine rings is 2. The predicted octanol–water partition coefficient (Wildman–Crippen LogP) is 2.57. The number of fused-ring (bicyclic) bond motifs is 3. The maximum absolute atomic E-state index is 13.1. The molecule has 1 saturated carbocycles. The Morgan fingerprint density at radius 3 is 2.68 bits per heavy atom. The van der Waals surface area contributed by atoms with Gasteiger partial charge in [-0.15, -0.1) is 0 Å². The number of aromatic amines is 1. The summed E-state index contributed by atoms with van der Waals surface area (Å²) >= 11 is 0. The molecular formula is C24H30N5O4S. The van der Waals surface area contributed by atoms with Gasteiger partial charge in [0.05, 0.1) is 12.4 Å². The molecule has 181 valence electrons. The van der Waals surface area contributed by atoms with Gasteiger partial charge < -0.3 is 10.7 Å². The lowest BCUT2D eigenvalue weighted by Gasteiger charge is -2.36. The number of sulfonamides is 1. The molecule has 1 aliphatic heterocycles. The molecule has 0 bridgehead atoms. The summed E-state index contributed by atoms with van der Waals surface area (Å²) in [6.45, 7) is -0.144. The van der Waals surface area contributed by atoms with Gasteiger partial charge in [-0.05, 0) is 55.6 Å². The van der Waals surface area contributed by atoms with Crippen LogP contribution in [-0.4, -0.2) is 59.0 Å². The van der Waals surface area contributed by atoms with Gasteiger partial charge in [0.1, 0.15) is 5.65 Å². The third-order valence-corrected chi connectivity index (χ3v) is 9.75. The number of hydrogen-bond acceptors (Lipinski definition) is 5. The summed E-state index contributed by atoms with van der Waals surface area (Å²) < 4.78 is 27.7. The van der Waals surface area contributed by atoms with Gasteiger partial charge in [-0.25, -0.2) is 22.8 Å². The van der Waals surface area contributed by atoms with Crippen LogP contribution in [0.15, 0.2) is 30.9 Å². The molecule has 10 heteroatoms. The number of nitrogens with zero attached hydrogens (tertiary/aromatic N) is 3. The van der Waals surface area contributed by atoms with E-state index < -0.39 is 34.4 Å². The third-order valence-electron chi connectivity index (χ3n) is 7.73. The van der Waals surface area contributed by atoms with Gasteiger partial charge in [-0.3, -0.25) is 9.78 Å². The Morgan fingerprint density at radius 2 is 1.94 bits per heavy atom. The fraction of sp³-hybridized carbons (Fsp3) is 0.542. The predicted molar refractivity (Wildman–Crippen MR) is 128 cm³/mol. The van der Waals surface area contributed by atoms with Crippen LogP contribution in [0.5, 0.6) is 0 Å². The second-order valence-electron chi connectivity index (χ2n) is 9.77. The van der Waals surface area contributed by atoms with Crippen molar-refractivity contribution in [1.29, 1.82) is 0 Å². The Balaban J connectivity index is 1.26. The van der Waals surface area contributed by atoms with Gasteiger partial charge in [-0.2, -0.15) is 0 Å². The Morgan fingerprint density at radius 1 is 1.15 bits per heavy atom. The van der Waals surface area contributed by atoms with Crippen LogP contribution in [0.2, 0.25) is 0 Å². The quantitative estimate of drug-likeness (QED) is 0.553. The fourth-order valence-corrected chi connectivity index (χ4v) is 7.80. The van der Waals surface area contributed by atoms with Gasteiger partial charge in [0.2, 0.25) is 15.9 Å². The van der Waals surface area contributed by atoms with E-state index in [1.165, 1.54) is 15.3 Å². The molecule has 1 amide bonds. The average molecular weight is 485 g/mol. The van der Waals surface area contributed by atoms with Gasteiger partial charge in [0, 0.05) is 65.9 Å². The van der Waals surface area contributed by atoms with Crippen LogP contribution in [0.4, 0.5) is 0 Å². The van der Waals surface area contributed by atoms with Gasteiger partial charge >= 0.3 is 0 Å². The monoisotopic (exact) mass is 484 g/mol. The normalized spacial score (nSPS) is 26.7. The molecule has 0 aromatic carbocycles. The minimum Gasteiger partial charge on any atom is -0.369 e. The van der Waals surface area contributed by atoms with Gasteiger partial charge in [0.25, 0.3) is 0 Å². The lowest BCUT2D eigenvalue weighted by atomic mass is 9.78. The van der Waals surface area contributed by atoms with Crippen LogP contribution in [0.3, 0.4) is 0 Å². The van der Waals surface area contributed by atoms with E-state index in [9.17, 15) is 18.3 Å². The van der Waals surface area contributed by atoms with Crippen LogP contribution in [-0.2, 0) is 19.9 Å². The Kier molecular flexibility index (Phi) is 6.30. The number of piperidine rings is 1. The number of primary amides is 1. The van der Waals surface area contributed by atoms with E-state index in [1.54, 1.807) is 0 Å². The maximum Gasteiger partial charge on any atom is 0.221 e. The molecule has 34 heavy (non-hydrogen) atoms. The molecule has 4 heterocycles. The third kappa shape index (κ3) is 4.30. The number of nitrogens with one attached hydrogen (secondary N) is 1. The summed E-state index contributed by atoms with van der Waals surface area (Å²) in [6, 6.07) is 2.04. The number of aromatic nitrogens is 3. The Hall–Kier alpha value is -2.56. The lowest BCUT2D eigenvalue weighted by Crippen LogP contribution is -2.49. The van der Waals surface area contributed by atoms with Gasteiger partial charge in [0.15, 0.2) is 0 Å². The zero-order chi connectivity index (χ0) is 23.9. The molecule has 3 N–H and O–H groups in total. The summed E-state index contributed by atoms with van der Waals surface area (Å²) in [5, 5.41) is 14.8. The first-order chi connectivity index (χ1) is 16.4. The number of amides is 1. The fourth-order valence-electron chi connectivity index (χ4n) is 5.85. The molecule has 2 fully saturated rings. The Bertz CT molecular complexity index is 1300. The molecular weight excluding hydrogens is 454 g/mol. The van der Waals surface area contributed by atoms with E-state index in [2.05, 4.69) is 15.0 Å². The smallest absolute Gasteiger partial charge is 0.221 e. The van der Waals surface area contributed by atoms with Crippen LogP contribution < -0.4 is 5.73 Å². The van der Waals surface area contributed by atoms with Crippen molar-refractivity contribution in [3.05, 3.63) is 36.4 Å². The first-order valence-electron chi connectivity index (χ1n) is 11.9. The lowest BCUT2D eigenvalue weighted by molar-refractivity contribution is -0.126. The number of hydrogen-bond donors (Lipinski definition) is 2. The van der Waals surface area contributed by atoms with Gasteiger partial charge in [-0.1, -0.05) is 0 Å². The molecule has 3 aromatic heterocycles. The highest BCUT2D eigenvalue weighted by atomic mass is 32.2. The highest BCUT2D eigenvalue weighted by Gasteiger charge is 2.38. The molecule has 3 aromatic rings. The largest absolute Gasteiger partial charge is 0.369 e. The zero-order valence-corrected chi connectivity index (χ0v) is 19.8. The van der Waals surface area contributed by atoms with Crippen molar-refractivity contribution in [3.63, 3.8) is 0 Å². The average Bonchev–Trinajstić information content (AvgIpc) is 3.33. The minimum absolute atomic E-state index is 0.0812. The second-order valence-corrected chi connectivity index (χ2v) is 11.8. The SMILES string of the molecule is NC(=O)C1CCN(S(=O)(=O)CC2CCC(c3cncc4cnc5[nH]ccc5c34)CC2)CC1C[O]. The van der Waals surface area contributed by atoms with E-state index in [0.29, 0.717) is 12.3 Å². The number of carbonyl (C=O) groups excluding carboxylic acids is 1. The van der Waals surface area contributed by atoms with Crippen LogP contribution in [0.1, 0.15) is 43.6 Å². The molecule has 2 atom stereocenters. The van der Waals surface area contributed by atoms with E-state index in [-0.39, 0.29) is 24.8 Å². The van der Waals surface area contributed by atoms with Crippen LogP contribution in [0, 0.1) is 17.8 Å². The first-order valence-corrected chi connectivity index (χ1v) is 13.5. The van der Waals surface area contributed by atoms with Crippen molar-refractivity contribution < 1.29 is 18.3 Å². The standard InChI is InChI=1S/C24H30N5O4S/c25-23(31)19-6-8-29(12-18(19)13-30)34(32,33)14-15-1-3-16(4-2-15)21-11-26-9-17-10-28-24-20(22(17)21)5-7-27-24/h5,7,9-11,15-16,18-19H,1-4,6,8,12-14H2,(H2,25,31)(H,27,28). The number of H-pyrrole nitrogens is 1. The number of nitrogens with two attached hydrogens (primary N) is 1. The summed E-state index contributed by atoms with van der Waals surface area (Å²) in [6.07, 6.45) is 11.3. The molecule has 1 aliphatic carbocycles. The van der Waals surface area contributed by atoms with E-state index in [4.69, 9.17) is 5.73 Å². The van der Waals surface area contributed by atoms with Crippen molar-refractivity contribution in [3.8, 4) is 0 Å². The molecule has 0 spiro atoms. The zero-order valence-electron chi connectivity index (χ0n) is 19.0. The highest BCUT2D eigenvalue weighted by molar-refractivity contribution is 7.89. The first kappa shape index (κ1) is 23.2. The van der Waals surface area contributed by atoms with Crippen molar-refractivity contribution in [2.45, 2.75) is 38.0 Å². The Labute approximate surface area is 198 Å². The summed E-state index contributed by atoms with van der Waals surface area (Å²) in [7, 11) is -3.50. The highest BCUT2D eigenvalue weighted by Crippen LogP contribution is 2.40. The molecule has 2 aliphatic rings.